The summed E-state index contributed by atoms with van der Waals surface area (Å²) in [6.45, 7) is 4.80. The molecule has 0 bridgehead atoms. The highest BCUT2D eigenvalue weighted by atomic mass is 19.1. The van der Waals surface area contributed by atoms with Crippen LogP contribution in [0.5, 0.6) is 0 Å². The van der Waals surface area contributed by atoms with Crippen molar-refractivity contribution >= 4 is 23.1 Å². The lowest BCUT2D eigenvalue weighted by molar-refractivity contribution is 0.0685. The quantitative estimate of drug-likeness (QED) is 0.513. The number of aromatic carboxylic acids is 1. The molecule has 2 aromatic heterocycles. The molecule has 0 spiro atoms. The van der Waals surface area contributed by atoms with E-state index in [1.807, 2.05) is 6.21 Å². The molecule has 5 rings (SSSR count). The topological polar surface area (TPSA) is 72.4 Å². The molecule has 0 atom stereocenters. The molecule has 31 heavy (non-hydrogen) atoms. The third-order valence-corrected chi connectivity index (χ3v) is 5.74. The normalized spacial score (nSPS) is 12.8. The summed E-state index contributed by atoms with van der Waals surface area (Å²) < 4.78 is 17.2. The highest BCUT2D eigenvalue weighted by Crippen LogP contribution is 2.41. The molecule has 3 heterocycles. The summed E-state index contributed by atoms with van der Waals surface area (Å²) in [5.41, 5.74) is 6.59. The molecule has 4 aromatic rings. The van der Waals surface area contributed by atoms with E-state index in [2.05, 4.69) is 40.6 Å². The molecule has 2 aromatic carbocycles. The number of aromatic nitrogens is 3. The maximum atomic E-state index is 13.7. The number of carboxylic acids is 1. The van der Waals surface area contributed by atoms with Crippen LogP contribution in [0.2, 0.25) is 0 Å². The van der Waals surface area contributed by atoms with E-state index < -0.39 is 5.97 Å². The largest absolute Gasteiger partial charge is 0.477 e. The minimum atomic E-state index is -1.02. The maximum absolute atomic E-state index is 13.7. The molecule has 6 nitrogen and oxygen atoms in total. The van der Waals surface area contributed by atoms with Gasteiger partial charge in [0.05, 0.1) is 17.8 Å². The second-order valence-corrected chi connectivity index (χ2v) is 8.11. The Kier molecular flexibility index (Phi) is 4.28. The monoisotopic (exact) mass is 416 g/mol. The number of hydrogen-bond acceptors (Lipinski definition) is 3. The SMILES string of the molecule is CC(C)c1c(-c2cc(C(=O)O)n(C)n2)c2cc3c(cc2n1-c1ccc(F)cc1)C=NC3. The second kappa shape index (κ2) is 6.91. The van der Waals surface area contributed by atoms with Crippen molar-refractivity contribution in [3.8, 4) is 16.9 Å². The molecule has 1 N–H and O–H groups in total. The fourth-order valence-electron chi connectivity index (χ4n) is 4.39. The second-order valence-electron chi connectivity index (χ2n) is 8.11. The Bertz CT molecular complexity index is 1380. The smallest absolute Gasteiger partial charge is 0.354 e. The van der Waals surface area contributed by atoms with E-state index in [4.69, 9.17) is 0 Å². The number of halogens is 1. The molecule has 0 radical (unpaired) electrons. The van der Waals surface area contributed by atoms with Crippen LogP contribution in [0.15, 0.2) is 47.5 Å². The predicted molar refractivity (Wildman–Crippen MR) is 118 cm³/mol. The van der Waals surface area contributed by atoms with Crippen LogP contribution in [-0.4, -0.2) is 31.6 Å². The summed E-state index contributed by atoms with van der Waals surface area (Å²) in [6, 6.07) is 12.2. The van der Waals surface area contributed by atoms with Crippen LogP contribution in [0.25, 0.3) is 27.8 Å². The number of fused-ring (bicyclic) bond motifs is 2. The van der Waals surface area contributed by atoms with E-state index in [-0.39, 0.29) is 17.4 Å². The number of nitrogens with zero attached hydrogens (tertiary/aromatic N) is 4. The Balaban J connectivity index is 1.91. The van der Waals surface area contributed by atoms with E-state index in [9.17, 15) is 14.3 Å². The molecule has 0 unspecified atom stereocenters. The molecular formula is C24H21FN4O2. The summed E-state index contributed by atoms with van der Waals surface area (Å²) in [6.07, 6.45) is 1.87. The first kappa shape index (κ1) is 19.2. The summed E-state index contributed by atoms with van der Waals surface area (Å²) in [4.78, 5) is 16.0. The van der Waals surface area contributed by atoms with Gasteiger partial charge in [0, 0.05) is 35.6 Å². The molecule has 1 aliphatic rings. The molecule has 0 saturated carbocycles. The molecule has 0 fully saturated rings. The number of benzene rings is 2. The molecule has 0 aliphatic carbocycles. The summed E-state index contributed by atoms with van der Waals surface area (Å²) >= 11 is 0. The van der Waals surface area contributed by atoms with E-state index in [0.717, 1.165) is 39.0 Å². The van der Waals surface area contributed by atoms with Gasteiger partial charge in [-0.2, -0.15) is 5.10 Å². The van der Waals surface area contributed by atoms with Gasteiger partial charge < -0.3 is 9.67 Å². The van der Waals surface area contributed by atoms with Crippen molar-refractivity contribution in [1.82, 2.24) is 14.3 Å². The van der Waals surface area contributed by atoms with Gasteiger partial charge in [-0.25, -0.2) is 9.18 Å². The van der Waals surface area contributed by atoms with Crippen molar-refractivity contribution in [2.45, 2.75) is 26.3 Å². The van der Waals surface area contributed by atoms with Crippen molar-refractivity contribution in [2.75, 3.05) is 0 Å². The van der Waals surface area contributed by atoms with Gasteiger partial charge in [0.1, 0.15) is 11.5 Å². The number of carbonyl (C=O) groups is 1. The van der Waals surface area contributed by atoms with Gasteiger partial charge in [-0.1, -0.05) is 13.8 Å². The zero-order valence-electron chi connectivity index (χ0n) is 17.4. The number of aryl methyl sites for hydroxylation is 1. The molecule has 7 heteroatoms. The van der Waals surface area contributed by atoms with Crippen molar-refractivity contribution in [3.05, 3.63) is 70.8 Å². The van der Waals surface area contributed by atoms with E-state index in [0.29, 0.717) is 12.2 Å². The van der Waals surface area contributed by atoms with Crippen LogP contribution in [0.3, 0.4) is 0 Å². The van der Waals surface area contributed by atoms with Gasteiger partial charge in [0.25, 0.3) is 0 Å². The molecule has 156 valence electrons. The first-order valence-electron chi connectivity index (χ1n) is 10.1. The van der Waals surface area contributed by atoms with Crippen LogP contribution in [-0.2, 0) is 13.6 Å². The first-order valence-corrected chi connectivity index (χ1v) is 10.1. The van der Waals surface area contributed by atoms with Crippen molar-refractivity contribution in [3.63, 3.8) is 0 Å². The van der Waals surface area contributed by atoms with Crippen LogP contribution in [0, 0.1) is 5.82 Å². The lowest BCUT2D eigenvalue weighted by atomic mass is 9.98. The number of aliphatic imine (C=N–C) groups is 1. The van der Waals surface area contributed by atoms with Crippen LogP contribution < -0.4 is 0 Å². The van der Waals surface area contributed by atoms with Crippen molar-refractivity contribution < 1.29 is 14.3 Å². The third-order valence-electron chi connectivity index (χ3n) is 5.74. The van der Waals surface area contributed by atoms with E-state index in [1.165, 1.54) is 16.8 Å². The van der Waals surface area contributed by atoms with Crippen LogP contribution in [0.1, 0.15) is 47.1 Å². The fraction of sp³-hybridized carbons (Fsp3) is 0.208. The minimum Gasteiger partial charge on any atom is -0.477 e. The van der Waals surface area contributed by atoms with E-state index in [1.54, 1.807) is 25.2 Å². The average molecular weight is 416 g/mol. The van der Waals surface area contributed by atoms with Crippen LogP contribution >= 0.6 is 0 Å². The highest BCUT2D eigenvalue weighted by Gasteiger charge is 2.26. The number of rotatable bonds is 4. The van der Waals surface area contributed by atoms with Crippen LogP contribution in [0.4, 0.5) is 4.39 Å². The molecule has 0 saturated heterocycles. The standard InChI is InChI=1S/C24H21FN4O2/c1-13(2)23-22(19-10-21(24(30)31)28(3)27-19)18-8-14-11-26-12-15(14)9-20(18)29(23)17-6-4-16(25)5-7-17/h4-10,12-13H,11H2,1-3H3,(H,30,31). The summed E-state index contributed by atoms with van der Waals surface area (Å²) in [5, 5.41) is 15.1. The average Bonchev–Trinajstić information content (AvgIpc) is 3.41. The van der Waals surface area contributed by atoms with Crippen molar-refractivity contribution in [1.29, 1.82) is 0 Å². The van der Waals surface area contributed by atoms with Gasteiger partial charge in [0.15, 0.2) is 0 Å². The molecule has 0 amide bonds. The van der Waals surface area contributed by atoms with E-state index >= 15 is 0 Å². The Morgan fingerprint density at radius 1 is 1.16 bits per heavy atom. The molecular weight excluding hydrogens is 395 g/mol. The zero-order chi connectivity index (χ0) is 21.9. The first-order chi connectivity index (χ1) is 14.8. The summed E-state index contributed by atoms with van der Waals surface area (Å²) in [5.74, 6) is -1.22. The summed E-state index contributed by atoms with van der Waals surface area (Å²) in [7, 11) is 1.63. The van der Waals surface area contributed by atoms with Gasteiger partial charge in [-0.15, -0.1) is 0 Å². The Labute approximate surface area is 178 Å². The fourth-order valence-corrected chi connectivity index (χ4v) is 4.39. The minimum absolute atomic E-state index is 0.103. The van der Waals surface area contributed by atoms with Gasteiger partial charge >= 0.3 is 5.97 Å². The Morgan fingerprint density at radius 3 is 2.55 bits per heavy atom. The number of hydrogen-bond donors (Lipinski definition) is 1. The molecule has 1 aliphatic heterocycles. The highest BCUT2D eigenvalue weighted by molar-refractivity contribution is 6.03. The number of carboxylic acid groups (broad SMARTS) is 1. The van der Waals surface area contributed by atoms with Gasteiger partial charge in [-0.3, -0.25) is 9.67 Å². The lowest BCUT2D eigenvalue weighted by Crippen LogP contribution is -2.05. The van der Waals surface area contributed by atoms with Gasteiger partial charge in [0.2, 0.25) is 0 Å². The lowest BCUT2D eigenvalue weighted by Gasteiger charge is -2.15. The van der Waals surface area contributed by atoms with Gasteiger partial charge in [-0.05, 0) is 59.5 Å². The maximum Gasteiger partial charge on any atom is 0.354 e. The zero-order valence-corrected chi connectivity index (χ0v) is 17.4. The van der Waals surface area contributed by atoms with Crippen molar-refractivity contribution in [2.24, 2.45) is 12.0 Å². The Morgan fingerprint density at radius 2 is 1.90 bits per heavy atom. The third kappa shape index (κ3) is 2.96. The Hall–Kier alpha value is -3.74. The predicted octanol–water partition coefficient (Wildman–Crippen LogP) is 4.92.